The van der Waals surface area contributed by atoms with Crippen LogP contribution in [0.25, 0.3) is 0 Å². The van der Waals surface area contributed by atoms with E-state index < -0.39 is 6.10 Å². The summed E-state index contributed by atoms with van der Waals surface area (Å²) in [5, 5.41) is 9.36. The molecule has 0 aliphatic carbocycles. The Morgan fingerprint density at radius 1 is 1.24 bits per heavy atom. The van der Waals surface area contributed by atoms with E-state index in [9.17, 15) is 5.11 Å². The third-order valence-corrected chi connectivity index (χ3v) is 2.14. The molecule has 0 radical (unpaired) electrons. The second kappa shape index (κ2) is 5.75. The van der Waals surface area contributed by atoms with Crippen molar-refractivity contribution in [1.29, 1.82) is 0 Å². The van der Waals surface area contributed by atoms with Crippen molar-refractivity contribution in [3.8, 4) is 17.6 Å². The highest BCUT2D eigenvalue weighted by Gasteiger charge is 2.03. The van der Waals surface area contributed by atoms with E-state index in [0.29, 0.717) is 6.61 Å². The van der Waals surface area contributed by atoms with Crippen molar-refractivity contribution in [2.75, 3.05) is 6.61 Å². The van der Waals surface area contributed by atoms with Gasteiger partial charge in [-0.25, -0.2) is 0 Å². The Morgan fingerprint density at radius 2 is 1.82 bits per heavy atom. The highest BCUT2D eigenvalue weighted by molar-refractivity contribution is 5.28. The van der Waals surface area contributed by atoms with Crippen LogP contribution >= 0.6 is 0 Å². The van der Waals surface area contributed by atoms with E-state index in [1.807, 2.05) is 24.3 Å². The normalized spacial score (nSPS) is 12.5. The summed E-state index contributed by atoms with van der Waals surface area (Å²) in [7, 11) is 0. The number of aliphatic hydroxyl groups excluding tert-OH is 1. The molecule has 0 aromatic heterocycles. The quantitative estimate of drug-likeness (QED) is 0.811. The molecule has 1 aromatic carbocycles. The molecule has 2 nitrogen and oxygen atoms in total. The van der Waals surface area contributed by atoms with Crippen LogP contribution < -0.4 is 4.74 Å². The Bertz CT molecular complexity index is 399. The van der Waals surface area contributed by atoms with Crippen LogP contribution in [-0.4, -0.2) is 11.7 Å². The molecular weight excluding hydrogens is 212 g/mol. The summed E-state index contributed by atoms with van der Waals surface area (Å²) in [5.41, 5.74) is 0.901. The summed E-state index contributed by atoms with van der Waals surface area (Å²) < 4.78 is 5.48. The zero-order valence-corrected chi connectivity index (χ0v) is 10.9. The first-order valence-corrected chi connectivity index (χ1v) is 5.79. The van der Waals surface area contributed by atoms with Gasteiger partial charge >= 0.3 is 0 Å². The highest BCUT2D eigenvalue weighted by Crippen LogP contribution is 2.17. The topological polar surface area (TPSA) is 29.5 Å². The molecule has 1 N–H and O–H groups in total. The Kier molecular flexibility index (Phi) is 4.60. The number of benzene rings is 1. The Hall–Kier alpha value is -1.46. The average Bonchev–Trinajstić information content (AvgIpc) is 2.24. The Balaban J connectivity index is 2.50. The lowest BCUT2D eigenvalue weighted by Crippen LogP contribution is -2.01. The smallest absolute Gasteiger partial charge is 0.149 e. The van der Waals surface area contributed by atoms with Crippen LogP contribution in [0.3, 0.4) is 0 Å². The Morgan fingerprint density at radius 3 is 2.29 bits per heavy atom. The minimum Gasteiger partial charge on any atom is -0.481 e. The van der Waals surface area contributed by atoms with Gasteiger partial charge in [0.15, 0.2) is 0 Å². The van der Waals surface area contributed by atoms with Gasteiger partial charge in [0, 0.05) is 5.41 Å². The van der Waals surface area contributed by atoms with Crippen LogP contribution in [0.2, 0.25) is 0 Å². The maximum Gasteiger partial charge on any atom is 0.149 e. The van der Waals surface area contributed by atoms with Gasteiger partial charge in [-0.2, -0.15) is 0 Å². The highest BCUT2D eigenvalue weighted by atomic mass is 16.5. The minimum absolute atomic E-state index is 0.0134. The molecule has 0 fully saturated rings. The predicted molar refractivity (Wildman–Crippen MR) is 69.8 cm³/mol. The van der Waals surface area contributed by atoms with Crippen molar-refractivity contribution in [2.45, 2.75) is 33.8 Å². The van der Waals surface area contributed by atoms with Gasteiger partial charge < -0.3 is 9.84 Å². The molecule has 1 atom stereocenters. The van der Waals surface area contributed by atoms with E-state index in [1.54, 1.807) is 6.92 Å². The van der Waals surface area contributed by atoms with E-state index in [2.05, 4.69) is 32.6 Å². The van der Waals surface area contributed by atoms with Crippen molar-refractivity contribution in [3.05, 3.63) is 29.8 Å². The standard InChI is InChI=1S/C15H20O2/c1-12(16)13-6-8-14(9-7-13)17-11-5-10-15(2,3)4/h6-9,12,16H,11H2,1-4H3/t12-/m0/s1. The van der Waals surface area contributed by atoms with Crippen LogP contribution in [0.15, 0.2) is 24.3 Å². The molecule has 0 bridgehead atoms. The lowest BCUT2D eigenvalue weighted by Gasteiger charge is -2.08. The van der Waals surface area contributed by atoms with Gasteiger partial charge in [0.25, 0.3) is 0 Å². The van der Waals surface area contributed by atoms with E-state index >= 15 is 0 Å². The first-order chi connectivity index (χ1) is 7.88. The van der Waals surface area contributed by atoms with Crippen LogP contribution in [0.1, 0.15) is 39.4 Å². The van der Waals surface area contributed by atoms with Gasteiger partial charge in [-0.15, -0.1) is 0 Å². The molecule has 17 heavy (non-hydrogen) atoms. The molecule has 0 aliphatic rings. The summed E-state index contributed by atoms with van der Waals surface area (Å²) in [6, 6.07) is 7.41. The van der Waals surface area contributed by atoms with Gasteiger partial charge in [0.1, 0.15) is 12.4 Å². The second-order valence-corrected chi connectivity index (χ2v) is 5.09. The number of aliphatic hydroxyl groups is 1. The largest absolute Gasteiger partial charge is 0.481 e. The van der Waals surface area contributed by atoms with Crippen molar-refractivity contribution in [3.63, 3.8) is 0 Å². The summed E-state index contributed by atoms with van der Waals surface area (Å²) in [6.45, 7) is 8.34. The first-order valence-electron chi connectivity index (χ1n) is 5.79. The molecule has 0 unspecified atom stereocenters. The molecule has 0 amide bonds. The Labute approximate surface area is 104 Å². The summed E-state index contributed by atoms with van der Waals surface area (Å²) in [5.74, 6) is 6.87. The van der Waals surface area contributed by atoms with E-state index in [0.717, 1.165) is 11.3 Å². The maximum atomic E-state index is 9.36. The minimum atomic E-state index is -0.440. The number of rotatable bonds is 3. The lowest BCUT2D eigenvalue weighted by atomic mass is 9.98. The third-order valence-electron chi connectivity index (χ3n) is 2.14. The van der Waals surface area contributed by atoms with Crippen LogP contribution in [0.5, 0.6) is 5.75 Å². The van der Waals surface area contributed by atoms with E-state index in [-0.39, 0.29) is 5.41 Å². The number of hydrogen-bond donors (Lipinski definition) is 1. The van der Waals surface area contributed by atoms with E-state index in [4.69, 9.17) is 4.74 Å². The zero-order chi connectivity index (χ0) is 12.9. The third kappa shape index (κ3) is 5.42. The zero-order valence-electron chi connectivity index (χ0n) is 10.9. The van der Waals surface area contributed by atoms with Crippen molar-refractivity contribution < 1.29 is 9.84 Å². The molecule has 0 saturated heterocycles. The molecule has 0 aliphatic heterocycles. The van der Waals surface area contributed by atoms with Crippen LogP contribution in [0.4, 0.5) is 0 Å². The van der Waals surface area contributed by atoms with Gasteiger partial charge in [-0.05, 0) is 45.4 Å². The molecule has 0 heterocycles. The lowest BCUT2D eigenvalue weighted by molar-refractivity contribution is 0.199. The summed E-state index contributed by atoms with van der Waals surface area (Å²) >= 11 is 0. The van der Waals surface area contributed by atoms with Gasteiger partial charge in [0.05, 0.1) is 6.10 Å². The number of ether oxygens (including phenoxy) is 1. The van der Waals surface area contributed by atoms with Crippen molar-refractivity contribution >= 4 is 0 Å². The fourth-order valence-electron chi connectivity index (χ4n) is 1.26. The molecule has 0 saturated carbocycles. The maximum absolute atomic E-state index is 9.36. The van der Waals surface area contributed by atoms with Crippen LogP contribution in [-0.2, 0) is 0 Å². The van der Waals surface area contributed by atoms with Gasteiger partial charge in [-0.1, -0.05) is 24.0 Å². The van der Waals surface area contributed by atoms with Crippen molar-refractivity contribution in [2.24, 2.45) is 5.41 Å². The first kappa shape index (κ1) is 13.6. The average molecular weight is 232 g/mol. The molecule has 1 rings (SSSR count). The predicted octanol–water partition coefficient (Wildman–Crippen LogP) is 3.17. The van der Waals surface area contributed by atoms with Gasteiger partial charge in [0.2, 0.25) is 0 Å². The summed E-state index contributed by atoms with van der Waals surface area (Å²) in [4.78, 5) is 0. The molecule has 1 aromatic rings. The van der Waals surface area contributed by atoms with Gasteiger partial charge in [-0.3, -0.25) is 0 Å². The fourth-order valence-corrected chi connectivity index (χ4v) is 1.26. The molecule has 92 valence electrons. The molecule has 0 spiro atoms. The number of hydrogen-bond acceptors (Lipinski definition) is 2. The van der Waals surface area contributed by atoms with Crippen molar-refractivity contribution in [1.82, 2.24) is 0 Å². The molecule has 2 heteroatoms. The monoisotopic (exact) mass is 232 g/mol. The van der Waals surface area contributed by atoms with E-state index in [1.165, 1.54) is 0 Å². The summed E-state index contributed by atoms with van der Waals surface area (Å²) in [6.07, 6.45) is -0.440. The fraction of sp³-hybridized carbons (Fsp3) is 0.467. The SMILES string of the molecule is C[C@H](O)c1ccc(OCC#CC(C)(C)C)cc1. The molecular formula is C15H20O2. The second-order valence-electron chi connectivity index (χ2n) is 5.09. The van der Waals surface area contributed by atoms with Crippen LogP contribution in [0, 0.1) is 17.3 Å².